The summed E-state index contributed by atoms with van der Waals surface area (Å²) >= 11 is 5.76. The van der Waals surface area contributed by atoms with Gasteiger partial charge in [-0.25, -0.2) is 0 Å². The average Bonchev–Trinajstić information content (AvgIpc) is 2.63. The number of halogens is 1. The van der Waals surface area contributed by atoms with Crippen molar-refractivity contribution < 1.29 is 14.5 Å². The number of anilines is 1. The molecule has 7 nitrogen and oxygen atoms in total. The van der Waals surface area contributed by atoms with E-state index in [0.717, 1.165) is 16.8 Å². The Morgan fingerprint density at radius 2 is 1.86 bits per heavy atom. The molecule has 2 rings (SSSR count). The number of benzene rings is 2. The summed E-state index contributed by atoms with van der Waals surface area (Å²) in [5.74, 6) is -0.724. The molecular weight excluding hydrogens is 382 g/mol. The lowest BCUT2D eigenvalue weighted by atomic mass is 10.1. The fraction of sp³-hybridized carbons (Fsp3) is 0.200. The molecule has 0 unspecified atom stereocenters. The second-order valence-electron chi connectivity index (χ2n) is 6.31. The zero-order chi connectivity index (χ0) is 20.8. The van der Waals surface area contributed by atoms with E-state index in [1.165, 1.54) is 36.2 Å². The van der Waals surface area contributed by atoms with Crippen molar-refractivity contribution in [2.24, 2.45) is 0 Å². The summed E-state index contributed by atoms with van der Waals surface area (Å²) in [6.07, 6.45) is 2.69. The largest absolute Gasteiger partial charge is 0.333 e. The first-order valence-corrected chi connectivity index (χ1v) is 8.80. The van der Waals surface area contributed by atoms with Crippen LogP contribution in [0.1, 0.15) is 16.7 Å². The number of rotatable bonds is 6. The molecule has 2 aromatic rings. The molecule has 0 aliphatic rings. The van der Waals surface area contributed by atoms with Gasteiger partial charge in [0.1, 0.15) is 5.02 Å². The van der Waals surface area contributed by atoms with Gasteiger partial charge in [0.05, 0.1) is 11.5 Å². The topological polar surface area (TPSA) is 92.6 Å². The van der Waals surface area contributed by atoms with Crippen molar-refractivity contribution in [3.05, 3.63) is 74.3 Å². The number of nitro groups is 1. The Hall–Kier alpha value is -3.19. The van der Waals surface area contributed by atoms with Crippen LogP contribution in [0, 0.1) is 24.0 Å². The molecule has 8 heteroatoms. The van der Waals surface area contributed by atoms with Gasteiger partial charge in [-0.1, -0.05) is 35.9 Å². The van der Waals surface area contributed by atoms with Crippen molar-refractivity contribution in [3.8, 4) is 0 Å². The maximum Gasteiger partial charge on any atom is 0.288 e. The molecule has 0 bridgehead atoms. The predicted octanol–water partition coefficient (Wildman–Crippen LogP) is 3.98. The molecule has 0 fully saturated rings. The van der Waals surface area contributed by atoms with Crippen molar-refractivity contribution in [2.45, 2.75) is 13.8 Å². The van der Waals surface area contributed by atoms with Gasteiger partial charge in [-0.3, -0.25) is 19.7 Å². The molecule has 0 saturated heterocycles. The second-order valence-corrected chi connectivity index (χ2v) is 6.72. The summed E-state index contributed by atoms with van der Waals surface area (Å²) in [5, 5.41) is 13.8. The highest BCUT2D eigenvalue weighted by molar-refractivity contribution is 6.32. The van der Waals surface area contributed by atoms with Crippen molar-refractivity contribution in [2.75, 3.05) is 18.9 Å². The number of para-hydroxylation sites is 1. The Labute approximate surface area is 167 Å². The molecule has 0 radical (unpaired) electrons. The molecule has 0 atom stereocenters. The van der Waals surface area contributed by atoms with Crippen molar-refractivity contribution in [1.29, 1.82) is 0 Å². The first-order chi connectivity index (χ1) is 13.2. The second kappa shape index (κ2) is 9.14. The SMILES string of the molecule is Cc1cccc(C)c1NC(=O)CN(C)C(=O)C=Cc1ccc(Cl)c([N+](=O)[O-])c1. The van der Waals surface area contributed by atoms with Gasteiger partial charge in [-0.2, -0.15) is 0 Å². The number of aryl methyl sites for hydroxylation is 2. The van der Waals surface area contributed by atoms with E-state index in [2.05, 4.69) is 5.32 Å². The third-order valence-corrected chi connectivity index (χ3v) is 4.41. The first kappa shape index (κ1) is 21.1. The average molecular weight is 402 g/mol. The fourth-order valence-electron chi connectivity index (χ4n) is 2.55. The van der Waals surface area contributed by atoms with E-state index in [4.69, 9.17) is 11.6 Å². The molecule has 0 aliphatic carbocycles. The summed E-state index contributed by atoms with van der Waals surface area (Å²) in [4.78, 5) is 36.0. The standard InChI is InChI=1S/C20H20ClN3O4/c1-13-5-4-6-14(2)20(13)22-18(25)12-23(3)19(26)10-8-15-7-9-16(21)17(11-15)24(27)28/h4-11H,12H2,1-3H3,(H,22,25). The molecule has 0 aliphatic heterocycles. The third-order valence-electron chi connectivity index (χ3n) is 4.09. The van der Waals surface area contributed by atoms with Crippen LogP contribution in [-0.2, 0) is 9.59 Å². The third kappa shape index (κ3) is 5.40. The van der Waals surface area contributed by atoms with Gasteiger partial charge < -0.3 is 10.2 Å². The predicted molar refractivity (Wildman–Crippen MR) is 109 cm³/mol. The van der Waals surface area contributed by atoms with E-state index >= 15 is 0 Å². The highest BCUT2D eigenvalue weighted by Crippen LogP contribution is 2.25. The number of amides is 2. The maximum absolute atomic E-state index is 12.2. The number of carbonyl (C=O) groups excluding carboxylic acids is 2. The minimum Gasteiger partial charge on any atom is -0.333 e. The lowest BCUT2D eigenvalue weighted by molar-refractivity contribution is -0.384. The Balaban J connectivity index is 2.01. The van der Waals surface area contributed by atoms with Crippen LogP contribution in [0.4, 0.5) is 11.4 Å². The summed E-state index contributed by atoms with van der Waals surface area (Å²) in [7, 11) is 1.50. The highest BCUT2D eigenvalue weighted by atomic mass is 35.5. The Morgan fingerprint density at radius 3 is 2.46 bits per heavy atom. The Bertz CT molecular complexity index is 936. The first-order valence-electron chi connectivity index (χ1n) is 8.42. The number of nitrogens with one attached hydrogen (secondary N) is 1. The number of likely N-dealkylation sites (N-methyl/N-ethyl adjacent to an activating group) is 1. The fourth-order valence-corrected chi connectivity index (χ4v) is 2.74. The van der Waals surface area contributed by atoms with Gasteiger partial charge >= 0.3 is 0 Å². The van der Waals surface area contributed by atoms with E-state index in [9.17, 15) is 19.7 Å². The van der Waals surface area contributed by atoms with Crippen molar-refractivity contribution in [3.63, 3.8) is 0 Å². The van der Waals surface area contributed by atoms with Crippen LogP contribution >= 0.6 is 11.6 Å². The van der Waals surface area contributed by atoms with Gasteiger partial charge in [0, 0.05) is 24.9 Å². The molecule has 0 heterocycles. The minimum atomic E-state index is -0.592. The van der Waals surface area contributed by atoms with E-state index in [1.54, 1.807) is 6.07 Å². The lowest BCUT2D eigenvalue weighted by Crippen LogP contribution is -2.34. The van der Waals surface area contributed by atoms with Crippen LogP contribution in [0.25, 0.3) is 6.08 Å². The number of hydrogen-bond donors (Lipinski definition) is 1. The highest BCUT2D eigenvalue weighted by Gasteiger charge is 2.14. The monoisotopic (exact) mass is 401 g/mol. The minimum absolute atomic E-state index is 0.0220. The molecule has 1 N–H and O–H groups in total. The molecule has 0 aromatic heterocycles. The van der Waals surface area contributed by atoms with Gasteiger partial charge in [0.2, 0.25) is 11.8 Å². The van der Waals surface area contributed by atoms with Gasteiger partial charge in [-0.05, 0) is 42.7 Å². The number of nitro benzene ring substituents is 1. The van der Waals surface area contributed by atoms with E-state index in [-0.39, 0.29) is 23.2 Å². The van der Waals surface area contributed by atoms with Gasteiger partial charge in [0.25, 0.3) is 5.69 Å². The van der Waals surface area contributed by atoms with Crippen LogP contribution in [0.15, 0.2) is 42.5 Å². The van der Waals surface area contributed by atoms with Crippen LogP contribution in [0.5, 0.6) is 0 Å². The normalized spacial score (nSPS) is 10.7. The van der Waals surface area contributed by atoms with Gasteiger partial charge in [0.15, 0.2) is 0 Å². The molecule has 2 aromatic carbocycles. The molecular formula is C20H20ClN3O4. The number of nitrogens with zero attached hydrogens (tertiary/aromatic N) is 2. The van der Waals surface area contributed by atoms with Crippen LogP contribution in [0.2, 0.25) is 5.02 Å². The van der Waals surface area contributed by atoms with Gasteiger partial charge in [-0.15, -0.1) is 0 Å². The Morgan fingerprint density at radius 1 is 1.21 bits per heavy atom. The van der Waals surface area contributed by atoms with E-state index < -0.39 is 10.8 Å². The zero-order valence-electron chi connectivity index (χ0n) is 15.7. The van der Waals surface area contributed by atoms with E-state index in [1.807, 2.05) is 32.0 Å². The molecule has 28 heavy (non-hydrogen) atoms. The van der Waals surface area contributed by atoms with E-state index in [0.29, 0.717) is 5.56 Å². The Kier molecular flexibility index (Phi) is 6.89. The maximum atomic E-state index is 12.2. The molecule has 2 amide bonds. The number of carbonyl (C=O) groups is 2. The summed E-state index contributed by atoms with van der Waals surface area (Å²) in [6, 6.07) is 9.93. The van der Waals surface area contributed by atoms with Crippen LogP contribution in [0.3, 0.4) is 0 Å². The van der Waals surface area contributed by atoms with Crippen molar-refractivity contribution in [1.82, 2.24) is 4.90 Å². The molecule has 0 spiro atoms. The number of hydrogen-bond acceptors (Lipinski definition) is 4. The van der Waals surface area contributed by atoms with Crippen molar-refractivity contribution >= 4 is 40.9 Å². The zero-order valence-corrected chi connectivity index (χ0v) is 16.5. The smallest absolute Gasteiger partial charge is 0.288 e. The summed E-state index contributed by atoms with van der Waals surface area (Å²) in [5.41, 5.74) is 2.82. The summed E-state index contributed by atoms with van der Waals surface area (Å²) < 4.78 is 0. The lowest BCUT2D eigenvalue weighted by Gasteiger charge is -2.16. The molecule has 0 saturated carbocycles. The molecule has 146 valence electrons. The van der Waals surface area contributed by atoms with Crippen LogP contribution in [-0.4, -0.2) is 35.2 Å². The quantitative estimate of drug-likeness (QED) is 0.450. The van der Waals surface area contributed by atoms with Crippen LogP contribution < -0.4 is 5.32 Å². The summed E-state index contributed by atoms with van der Waals surface area (Å²) in [6.45, 7) is 3.66.